The number of hydrogen-bond donors (Lipinski definition) is 1. The third-order valence-electron chi connectivity index (χ3n) is 6.90. The van der Waals surface area contributed by atoms with E-state index in [-0.39, 0.29) is 23.7 Å². The van der Waals surface area contributed by atoms with Crippen LogP contribution < -0.4 is 19.5 Å². The van der Waals surface area contributed by atoms with Crippen molar-refractivity contribution in [3.05, 3.63) is 84.2 Å². The highest BCUT2D eigenvalue weighted by atomic mass is 16.7. The molecular weight excluding hydrogens is 600 g/mol. The van der Waals surface area contributed by atoms with Crippen LogP contribution in [0.25, 0.3) is 0 Å². The predicted molar refractivity (Wildman–Crippen MR) is 160 cm³/mol. The Kier molecular flexibility index (Phi) is 11.3. The van der Waals surface area contributed by atoms with Gasteiger partial charge in [-0.25, -0.2) is 14.6 Å². The standard InChI is InChI=1S/C33H34N2O11/c1-19(2)30(37)45-27-20(3)43-32(39)24(18-42-31(38)23(27)17-21-11-7-5-8-12-21)35-29(36)26-28(25(41-4)15-16-34-26)46-33(40)44-22-13-9-6-10-14-22/h5-16,19-20,23-24,27H,17-18H2,1-4H3,(H,35,36)/t20-,23+,24?,27?/m0/s1. The van der Waals surface area contributed by atoms with Gasteiger partial charge in [-0.2, -0.15) is 0 Å². The molecule has 2 aromatic carbocycles. The van der Waals surface area contributed by atoms with Crippen molar-refractivity contribution in [3.8, 4) is 17.2 Å². The van der Waals surface area contributed by atoms with E-state index in [0.717, 1.165) is 5.56 Å². The highest BCUT2D eigenvalue weighted by molar-refractivity contribution is 5.98. The molecule has 1 aliphatic heterocycles. The zero-order chi connectivity index (χ0) is 33.2. The summed E-state index contributed by atoms with van der Waals surface area (Å²) in [4.78, 5) is 69.4. The number of carbonyl (C=O) groups is 5. The fraction of sp³-hybridized carbons (Fsp3) is 0.333. The van der Waals surface area contributed by atoms with Gasteiger partial charge in [0.05, 0.1) is 13.0 Å². The predicted octanol–water partition coefficient (Wildman–Crippen LogP) is 3.68. The smallest absolute Gasteiger partial charge is 0.493 e. The number of rotatable bonds is 9. The van der Waals surface area contributed by atoms with E-state index in [4.69, 9.17) is 28.4 Å². The summed E-state index contributed by atoms with van der Waals surface area (Å²) < 4.78 is 32.5. The number of cyclic esters (lactones) is 2. The van der Waals surface area contributed by atoms with E-state index < -0.39 is 72.4 Å². The fourth-order valence-electron chi connectivity index (χ4n) is 4.52. The molecule has 3 aromatic rings. The van der Waals surface area contributed by atoms with Crippen molar-refractivity contribution >= 4 is 30.0 Å². The number of aromatic nitrogens is 1. The quantitative estimate of drug-likeness (QED) is 0.206. The van der Waals surface area contributed by atoms with Gasteiger partial charge in [0.15, 0.2) is 23.6 Å². The van der Waals surface area contributed by atoms with Gasteiger partial charge in [0.2, 0.25) is 5.75 Å². The van der Waals surface area contributed by atoms with E-state index >= 15 is 0 Å². The van der Waals surface area contributed by atoms with Gasteiger partial charge in [0.25, 0.3) is 5.91 Å². The van der Waals surface area contributed by atoms with Crippen molar-refractivity contribution in [2.24, 2.45) is 11.8 Å². The lowest BCUT2D eigenvalue weighted by atomic mass is 9.91. The minimum atomic E-state index is -1.51. The van der Waals surface area contributed by atoms with E-state index in [1.807, 2.05) is 6.07 Å². The van der Waals surface area contributed by atoms with Crippen molar-refractivity contribution in [1.82, 2.24) is 10.3 Å². The monoisotopic (exact) mass is 634 g/mol. The van der Waals surface area contributed by atoms with Crippen LogP contribution in [0.1, 0.15) is 36.8 Å². The number of hydrogen-bond acceptors (Lipinski definition) is 12. The summed E-state index contributed by atoms with van der Waals surface area (Å²) in [6.07, 6.45) is -2.11. The van der Waals surface area contributed by atoms with E-state index in [9.17, 15) is 24.0 Å². The Morgan fingerprint density at radius 3 is 2.28 bits per heavy atom. The number of carbonyl (C=O) groups excluding carboxylic acids is 5. The number of nitrogens with one attached hydrogen (secondary N) is 1. The third-order valence-corrected chi connectivity index (χ3v) is 6.90. The molecule has 13 nitrogen and oxygen atoms in total. The Bertz CT molecular complexity index is 1550. The summed E-state index contributed by atoms with van der Waals surface area (Å²) in [6, 6.07) is 16.9. The summed E-state index contributed by atoms with van der Waals surface area (Å²) in [5.74, 6) is -5.07. The van der Waals surface area contributed by atoms with Gasteiger partial charge in [-0.1, -0.05) is 62.4 Å². The van der Waals surface area contributed by atoms with E-state index in [1.54, 1.807) is 56.3 Å². The maximum Gasteiger partial charge on any atom is 0.519 e. The molecular formula is C33H34N2O11. The average molecular weight is 635 g/mol. The molecule has 1 saturated heterocycles. The maximum atomic E-state index is 13.5. The van der Waals surface area contributed by atoms with E-state index in [0.29, 0.717) is 0 Å². The molecule has 4 atom stereocenters. The molecule has 0 aliphatic carbocycles. The van der Waals surface area contributed by atoms with Crippen molar-refractivity contribution in [2.75, 3.05) is 13.7 Å². The highest BCUT2D eigenvalue weighted by Crippen LogP contribution is 2.31. The van der Waals surface area contributed by atoms with Gasteiger partial charge < -0.3 is 33.7 Å². The normalized spacial score (nSPS) is 19.8. The number of amides is 1. The lowest BCUT2D eigenvalue weighted by Crippen LogP contribution is -2.47. The van der Waals surface area contributed by atoms with Crippen LogP contribution in [0.3, 0.4) is 0 Å². The lowest BCUT2D eigenvalue weighted by Gasteiger charge is -2.29. The first kappa shape index (κ1) is 33.4. The van der Waals surface area contributed by atoms with Crippen LogP contribution in [0.2, 0.25) is 0 Å². The number of methoxy groups -OCH3 is 1. The van der Waals surface area contributed by atoms with E-state index in [1.165, 1.54) is 38.4 Å². The first-order chi connectivity index (χ1) is 22.1. The second-order valence-corrected chi connectivity index (χ2v) is 10.6. The van der Waals surface area contributed by atoms with Crippen LogP contribution in [-0.4, -0.2) is 66.9 Å². The summed E-state index contributed by atoms with van der Waals surface area (Å²) in [5, 5.41) is 2.43. The van der Waals surface area contributed by atoms with Crippen LogP contribution in [0, 0.1) is 11.8 Å². The first-order valence-electron chi connectivity index (χ1n) is 14.5. The Hall–Kier alpha value is -5.46. The number of benzene rings is 2. The lowest BCUT2D eigenvalue weighted by molar-refractivity contribution is -0.176. The number of nitrogens with zero attached hydrogens (tertiary/aromatic N) is 1. The van der Waals surface area contributed by atoms with Crippen LogP contribution in [-0.2, 0) is 35.0 Å². The first-order valence-corrected chi connectivity index (χ1v) is 14.5. The molecule has 1 fully saturated rings. The zero-order valence-electron chi connectivity index (χ0n) is 25.7. The summed E-state index contributed by atoms with van der Waals surface area (Å²) in [7, 11) is 1.29. The fourth-order valence-corrected chi connectivity index (χ4v) is 4.52. The molecule has 0 spiro atoms. The van der Waals surface area contributed by atoms with Crippen LogP contribution in [0.15, 0.2) is 72.9 Å². The molecule has 46 heavy (non-hydrogen) atoms. The van der Waals surface area contributed by atoms with Gasteiger partial charge in [-0.3, -0.25) is 14.4 Å². The molecule has 1 aliphatic rings. The van der Waals surface area contributed by atoms with Crippen molar-refractivity contribution < 1.29 is 52.4 Å². The molecule has 13 heteroatoms. The van der Waals surface area contributed by atoms with Crippen LogP contribution in [0.5, 0.6) is 17.2 Å². The molecule has 1 amide bonds. The van der Waals surface area contributed by atoms with Gasteiger partial charge >= 0.3 is 24.1 Å². The maximum absolute atomic E-state index is 13.5. The third kappa shape index (κ3) is 8.58. The van der Waals surface area contributed by atoms with Gasteiger partial charge in [0.1, 0.15) is 24.4 Å². The number of esters is 3. The van der Waals surface area contributed by atoms with Crippen molar-refractivity contribution in [2.45, 2.75) is 45.4 Å². The Morgan fingerprint density at radius 1 is 0.957 bits per heavy atom. The molecule has 0 saturated carbocycles. The Morgan fingerprint density at radius 2 is 1.63 bits per heavy atom. The van der Waals surface area contributed by atoms with Crippen molar-refractivity contribution in [1.29, 1.82) is 0 Å². The minimum absolute atomic E-state index is 0.0270. The van der Waals surface area contributed by atoms with Gasteiger partial charge in [-0.05, 0) is 31.0 Å². The summed E-state index contributed by atoms with van der Waals surface area (Å²) >= 11 is 0. The average Bonchev–Trinajstić information content (AvgIpc) is 3.07. The number of pyridine rings is 1. The second kappa shape index (κ2) is 15.5. The molecule has 1 aromatic heterocycles. The summed E-state index contributed by atoms with van der Waals surface area (Å²) in [5.41, 5.74) is 0.335. The van der Waals surface area contributed by atoms with E-state index in [2.05, 4.69) is 10.3 Å². The summed E-state index contributed by atoms with van der Waals surface area (Å²) in [6.45, 7) is 4.15. The minimum Gasteiger partial charge on any atom is -0.493 e. The van der Waals surface area contributed by atoms with Gasteiger partial charge in [-0.15, -0.1) is 0 Å². The highest BCUT2D eigenvalue weighted by Gasteiger charge is 2.42. The molecule has 2 unspecified atom stereocenters. The van der Waals surface area contributed by atoms with Crippen LogP contribution in [0.4, 0.5) is 4.79 Å². The zero-order valence-corrected chi connectivity index (χ0v) is 25.7. The number of ether oxygens (including phenoxy) is 6. The molecule has 0 bridgehead atoms. The molecule has 0 radical (unpaired) electrons. The SMILES string of the molecule is COc1ccnc(C(=O)NC2COC(=O)[C@H](Cc3ccccc3)C(OC(=O)C(C)C)[C@H](C)OC2=O)c1OC(=O)Oc1ccccc1. The van der Waals surface area contributed by atoms with Crippen LogP contribution >= 0.6 is 0 Å². The Balaban J connectivity index is 1.57. The molecule has 4 rings (SSSR count). The Labute approximate surface area is 265 Å². The molecule has 2 heterocycles. The topological polar surface area (TPSA) is 166 Å². The number of para-hydroxylation sites is 1. The van der Waals surface area contributed by atoms with Gasteiger partial charge in [0, 0.05) is 12.3 Å². The molecule has 1 N–H and O–H groups in total. The second-order valence-electron chi connectivity index (χ2n) is 10.6. The van der Waals surface area contributed by atoms with Crippen molar-refractivity contribution in [3.63, 3.8) is 0 Å². The molecule has 242 valence electrons. The largest absolute Gasteiger partial charge is 0.519 e.